The second-order valence-electron chi connectivity index (χ2n) is 11.0. The second kappa shape index (κ2) is 10.8. The van der Waals surface area contributed by atoms with Crippen LogP contribution in [0.5, 0.6) is 0 Å². The average molecular weight is 548 g/mol. The number of fused-ring (bicyclic) bond motifs is 2. The Hall–Kier alpha value is -4.18. The first-order valence-electron chi connectivity index (χ1n) is 13.1. The van der Waals surface area contributed by atoms with Crippen molar-refractivity contribution in [2.24, 2.45) is 0 Å². The highest BCUT2D eigenvalue weighted by Crippen LogP contribution is 2.35. The molecule has 0 bridgehead atoms. The Balaban J connectivity index is 1.30. The number of rotatable bonds is 7. The number of carbonyl (C=O) groups is 2. The van der Waals surface area contributed by atoms with Crippen molar-refractivity contribution < 1.29 is 23.1 Å². The molecule has 0 fully saturated rings. The lowest BCUT2D eigenvalue weighted by Gasteiger charge is -2.21. The molecule has 2 aromatic carbocycles. The number of nitrogens with zero attached hydrogens (tertiary/aromatic N) is 3. The molecule has 0 spiro atoms. The molecule has 10 heteroatoms. The van der Waals surface area contributed by atoms with Gasteiger partial charge in [0.05, 0.1) is 17.5 Å². The highest BCUT2D eigenvalue weighted by molar-refractivity contribution is 5.93. The molecule has 0 radical (unpaired) electrons. The van der Waals surface area contributed by atoms with E-state index in [9.17, 15) is 18.4 Å². The van der Waals surface area contributed by atoms with Gasteiger partial charge in [-0.05, 0) is 87.1 Å². The lowest BCUT2D eigenvalue weighted by molar-refractivity contribution is 0.00684. The zero-order valence-electron chi connectivity index (χ0n) is 22.8. The van der Waals surface area contributed by atoms with Crippen LogP contribution in [0.2, 0.25) is 0 Å². The molecule has 8 nitrogen and oxygen atoms in total. The largest absolute Gasteiger partial charge is 0.456 e. The third kappa shape index (κ3) is 5.72. The van der Waals surface area contributed by atoms with E-state index < -0.39 is 23.1 Å². The molecule has 2 heterocycles. The summed E-state index contributed by atoms with van der Waals surface area (Å²) in [5.74, 6) is -2.62. The van der Waals surface area contributed by atoms with Crippen LogP contribution in [0.15, 0.2) is 48.9 Å². The quantitative estimate of drug-likeness (QED) is 0.317. The highest BCUT2D eigenvalue weighted by atomic mass is 19.2. The SMILES string of the molecule is Cc1c(C(=O)OC(C)(C)C)ccc2c1CC[C@@H]2NCc1cc(C(=O)NCc2ccc(F)c(F)c2)n2cncc2n1. The minimum absolute atomic E-state index is 0.0334. The van der Waals surface area contributed by atoms with E-state index in [1.54, 1.807) is 16.7 Å². The molecule has 1 amide bonds. The van der Waals surface area contributed by atoms with Gasteiger partial charge in [0, 0.05) is 19.1 Å². The van der Waals surface area contributed by atoms with Crippen LogP contribution < -0.4 is 10.6 Å². The summed E-state index contributed by atoms with van der Waals surface area (Å²) in [5, 5.41) is 6.30. The lowest BCUT2D eigenvalue weighted by Crippen LogP contribution is -2.26. The number of imidazole rings is 1. The van der Waals surface area contributed by atoms with E-state index in [1.165, 1.54) is 12.4 Å². The van der Waals surface area contributed by atoms with E-state index in [0.717, 1.165) is 41.7 Å². The molecule has 1 aliphatic rings. The third-order valence-electron chi connectivity index (χ3n) is 6.95. The van der Waals surface area contributed by atoms with Crippen LogP contribution in [0, 0.1) is 18.6 Å². The Morgan fingerprint density at radius 1 is 1.10 bits per heavy atom. The maximum atomic E-state index is 13.6. The van der Waals surface area contributed by atoms with Gasteiger partial charge in [0.2, 0.25) is 0 Å². The number of benzene rings is 2. The van der Waals surface area contributed by atoms with Crippen LogP contribution in [0.1, 0.15) is 82.0 Å². The summed E-state index contributed by atoms with van der Waals surface area (Å²) in [4.78, 5) is 34.5. The molecule has 4 aromatic rings. The van der Waals surface area contributed by atoms with E-state index in [2.05, 4.69) is 20.6 Å². The van der Waals surface area contributed by atoms with Gasteiger partial charge >= 0.3 is 5.97 Å². The molecule has 208 valence electrons. The van der Waals surface area contributed by atoms with Crippen LogP contribution in [-0.2, 0) is 24.2 Å². The predicted molar refractivity (Wildman–Crippen MR) is 145 cm³/mol. The zero-order chi connectivity index (χ0) is 28.6. The number of halogens is 2. The van der Waals surface area contributed by atoms with Crippen LogP contribution in [0.25, 0.3) is 5.65 Å². The maximum Gasteiger partial charge on any atom is 0.338 e. The Labute approximate surface area is 230 Å². The van der Waals surface area contributed by atoms with Crippen LogP contribution in [0.4, 0.5) is 8.78 Å². The minimum atomic E-state index is -0.967. The number of hydrogen-bond donors (Lipinski definition) is 2. The normalized spacial score (nSPS) is 14.8. The first-order chi connectivity index (χ1) is 19.0. The molecule has 0 aliphatic heterocycles. The van der Waals surface area contributed by atoms with E-state index in [0.29, 0.717) is 34.7 Å². The predicted octanol–water partition coefficient (Wildman–Crippen LogP) is 4.98. The Bertz CT molecular complexity index is 1610. The fourth-order valence-electron chi connectivity index (χ4n) is 5.03. The summed E-state index contributed by atoms with van der Waals surface area (Å²) in [6.07, 6.45) is 4.78. The third-order valence-corrected chi connectivity index (χ3v) is 6.95. The number of ether oxygens (including phenoxy) is 1. The van der Waals surface area contributed by atoms with Gasteiger partial charge in [-0.2, -0.15) is 0 Å². The van der Waals surface area contributed by atoms with Crippen molar-refractivity contribution in [1.29, 1.82) is 0 Å². The van der Waals surface area contributed by atoms with Gasteiger partial charge in [-0.1, -0.05) is 12.1 Å². The van der Waals surface area contributed by atoms with Crippen molar-refractivity contribution in [3.8, 4) is 0 Å². The number of esters is 1. The van der Waals surface area contributed by atoms with Gasteiger partial charge in [-0.15, -0.1) is 0 Å². The molecule has 1 atom stereocenters. The van der Waals surface area contributed by atoms with Crippen molar-refractivity contribution in [2.45, 2.75) is 65.3 Å². The van der Waals surface area contributed by atoms with E-state index >= 15 is 0 Å². The van der Waals surface area contributed by atoms with Crippen molar-refractivity contribution in [3.63, 3.8) is 0 Å². The molecule has 0 saturated heterocycles. The van der Waals surface area contributed by atoms with Gasteiger partial charge in [0.15, 0.2) is 17.3 Å². The molecule has 40 heavy (non-hydrogen) atoms. The van der Waals surface area contributed by atoms with Crippen LogP contribution >= 0.6 is 0 Å². The first kappa shape index (κ1) is 27.4. The van der Waals surface area contributed by atoms with Gasteiger partial charge in [-0.3, -0.25) is 9.20 Å². The van der Waals surface area contributed by atoms with Gasteiger partial charge in [0.1, 0.15) is 17.6 Å². The summed E-state index contributed by atoms with van der Waals surface area (Å²) in [6.45, 7) is 7.95. The fourth-order valence-corrected chi connectivity index (χ4v) is 5.03. The van der Waals surface area contributed by atoms with Crippen molar-refractivity contribution in [1.82, 2.24) is 25.0 Å². The van der Waals surface area contributed by atoms with Gasteiger partial charge in [0.25, 0.3) is 5.91 Å². The fraction of sp³-hybridized carbons (Fsp3) is 0.333. The summed E-state index contributed by atoms with van der Waals surface area (Å²) < 4.78 is 33.9. The summed E-state index contributed by atoms with van der Waals surface area (Å²) in [6, 6.07) is 9.07. The summed E-state index contributed by atoms with van der Waals surface area (Å²) in [7, 11) is 0. The summed E-state index contributed by atoms with van der Waals surface area (Å²) in [5.41, 5.74) is 5.18. The molecule has 0 saturated carbocycles. The van der Waals surface area contributed by atoms with Gasteiger partial charge < -0.3 is 15.4 Å². The number of aromatic nitrogens is 3. The number of carbonyl (C=O) groups excluding carboxylic acids is 2. The monoisotopic (exact) mass is 547 g/mol. The average Bonchev–Trinajstić information content (AvgIpc) is 3.54. The molecule has 5 rings (SSSR count). The molecule has 0 unspecified atom stereocenters. The van der Waals surface area contributed by atoms with Crippen LogP contribution in [0.3, 0.4) is 0 Å². The molecule has 2 aromatic heterocycles. The zero-order valence-corrected chi connectivity index (χ0v) is 22.8. The number of amides is 1. The molecule has 1 aliphatic carbocycles. The lowest BCUT2D eigenvalue weighted by atomic mass is 9.97. The summed E-state index contributed by atoms with van der Waals surface area (Å²) >= 11 is 0. The van der Waals surface area contributed by atoms with Gasteiger partial charge in [-0.25, -0.2) is 23.5 Å². The smallest absolute Gasteiger partial charge is 0.338 e. The number of nitrogens with one attached hydrogen (secondary N) is 2. The Morgan fingerprint density at radius 2 is 1.90 bits per heavy atom. The van der Waals surface area contributed by atoms with E-state index in [-0.39, 0.29) is 18.6 Å². The second-order valence-corrected chi connectivity index (χ2v) is 11.0. The first-order valence-corrected chi connectivity index (χ1v) is 13.1. The van der Waals surface area contributed by atoms with E-state index in [1.807, 2.05) is 39.8 Å². The Morgan fingerprint density at radius 3 is 2.65 bits per heavy atom. The number of hydrogen-bond acceptors (Lipinski definition) is 6. The van der Waals surface area contributed by atoms with Crippen molar-refractivity contribution >= 4 is 17.5 Å². The highest BCUT2D eigenvalue weighted by Gasteiger charge is 2.28. The Kier molecular flexibility index (Phi) is 7.37. The van der Waals surface area contributed by atoms with Crippen LogP contribution in [-0.4, -0.2) is 31.8 Å². The maximum absolute atomic E-state index is 13.6. The molecular weight excluding hydrogens is 516 g/mol. The minimum Gasteiger partial charge on any atom is -0.456 e. The van der Waals surface area contributed by atoms with Crippen molar-refractivity contribution in [3.05, 3.63) is 99.8 Å². The van der Waals surface area contributed by atoms with Crippen molar-refractivity contribution in [2.75, 3.05) is 0 Å². The molecule has 2 N–H and O–H groups in total. The molecular formula is C30H31F2N5O3. The topological polar surface area (TPSA) is 97.6 Å². The standard InChI is InChI=1S/C30H31F2N5O3/c1-17-20-8-10-25(22(20)7-6-21(17)29(39)40-30(2,3)4)34-14-19-12-26(37-16-33-15-27(37)36-19)28(38)35-13-18-5-9-23(31)24(32)11-18/h5-7,9,11-12,15-16,25,34H,8,10,13-14H2,1-4H3,(H,35,38)/t25-/m0/s1. The van der Waals surface area contributed by atoms with E-state index in [4.69, 9.17) is 4.74 Å².